The summed E-state index contributed by atoms with van der Waals surface area (Å²) in [7, 11) is 0. The quantitative estimate of drug-likeness (QED) is 0.771. The number of amides is 1. The maximum Gasteiger partial charge on any atom is 0.229 e. The van der Waals surface area contributed by atoms with Crippen molar-refractivity contribution in [1.29, 1.82) is 0 Å². The number of carbonyl (C=O) groups excluding carboxylic acids is 1. The smallest absolute Gasteiger partial charge is 0.229 e. The van der Waals surface area contributed by atoms with E-state index in [4.69, 9.17) is 0 Å². The van der Waals surface area contributed by atoms with Crippen molar-refractivity contribution in [3.05, 3.63) is 35.6 Å². The molecule has 0 spiro atoms. The van der Waals surface area contributed by atoms with Crippen LogP contribution in [0.15, 0.2) is 29.8 Å². The van der Waals surface area contributed by atoms with Crippen molar-refractivity contribution >= 4 is 49.1 Å². The number of nitrogens with one attached hydrogen (secondary N) is 1. The van der Waals surface area contributed by atoms with Gasteiger partial charge in [-0.2, -0.15) is 0 Å². The lowest BCUT2D eigenvalue weighted by Gasteiger charge is -2.30. The number of nitrogens with zero attached hydrogens (tertiary/aromatic N) is 3. The Hall–Kier alpha value is -2.06. The van der Waals surface area contributed by atoms with E-state index in [0.717, 1.165) is 41.3 Å². The highest BCUT2D eigenvalue weighted by Gasteiger charge is 2.26. The monoisotopic (exact) mass is 362 g/mol. The van der Waals surface area contributed by atoms with Crippen LogP contribution in [0.3, 0.4) is 0 Å². The minimum absolute atomic E-state index is 0.00280. The van der Waals surface area contributed by atoms with E-state index in [1.807, 2.05) is 5.38 Å². The Morgan fingerprint density at radius 1 is 1.33 bits per heavy atom. The number of hydrogen-bond acceptors (Lipinski definition) is 6. The van der Waals surface area contributed by atoms with Gasteiger partial charge in [-0.1, -0.05) is 11.3 Å². The Morgan fingerprint density at radius 2 is 2.17 bits per heavy atom. The molecule has 1 aliphatic heterocycles. The number of thiazole rings is 2. The lowest BCUT2D eigenvalue weighted by atomic mass is 9.96. The molecular weight excluding hydrogens is 347 g/mol. The van der Waals surface area contributed by atoms with Gasteiger partial charge >= 0.3 is 0 Å². The van der Waals surface area contributed by atoms with Crippen molar-refractivity contribution in [2.24, 2.45) is 5.92 Å². The third-order valence-corrected chi connectivity index (χ3v) is 5.91. The number of aromatic nitrogens is 2. The highest BCUT2D eigenvalue weighted by molar-refractivity contribution is 7.22. The second-order valence-corrected chi connectivity index (χ2v) is 7.60. The Kier molecular flexibility index (Phi) is 4.15. The number of halogens is 1. The summed E-state index contributed by atoms with van der Waals surface area (Å²) in [6.45, 7) is 1.55. The van der Waals surface area contributed by atoms with Crippen LogP contribution in [0.4, 0.5) is 14.7 Å². The zero-order valence-corrected chi connectivity index (χ0v) is 14.4. The first-order chi connectivity index (χ1) is 11.7. The van der Waals surface area contributed by atoms with Gasteiger partial charge in [-0.05, 0) is 31.0 Å². The molecule has 3 heterocycles. The molecule has 1 amide bonds. The van der Waals surface area contributed by atoms with Crippen LogP contribution in [0.2, 0.25) is 0 Å². The van der Waals surface area contributed by atoms with Crippen molar-refractivity contribution in [2.45, 2.75) is 12.8 Å². The number of benzene rings is 1. The Morgan fingerprint density at radius 3 is 2.92 bits per heavy atom. The van der Waals surface area contributed by atoms with Gasteiger partial charge in [0, 0.05) is 30.6 Å². The molecule has 4 rings (SSSR count). The molecule has 0 unspecified atom stereocenters. The molecule has 1 aromatic carbocycles. The normalized spacial score (nSPS) is 15.8. The van der Waals surface area contributed by atoms with Crippen molar-refractivity contribution in [2.75, 3.05) is 23.3 Å². The minimum Gasteiger partial charge on any atom is -0.348 e. The summed E-state index contributed by atoms with van der Waals surface area (Å²) in [5.41, 5.74) is 0.819. The summed E-state index contributed by atoms with van der Waals surface area (Å²) in [4.78, 5) is 23.1. The molecule has 1 saturated heterocycles. The number of carbonyl (C=O) groups is 1. The summed E-state index contributed by atoms with van der Waals surface area (Å²) in [5, 5.41) is 6.26. The van der Waals surface area contributed by atoms with Gasteiger partial charge < -0.3 is 10.2 Å². The SMILES string of the molecule is O=C(Nc1nccs1)C1CCN(c2nc3ccc(F)cc3s2)CC1. The lowest BCUT2D eigenvalue weighted by Crippen LogP contribution is -2.38. The van der Waals surface area contributed by atoms with E-state index in [0.29, 0.717) is 5.13 Å². The van der Waals surface area contributed by atoms with Gasteiger partial charge in [0.1, 0.15) is 5.82 Å². The summed E-state index contributed by atoms with van der Waals surface area (Å²) in [6, 6.07) is 4.66. The zero-order valence-electron chi connectivity index (χ0n) is 12.7. The van der Waals surface area contributed by atoms with E-state index in [2.05, 4.69) is 20.2 Å². The number of hydrogen-bond donors (Lipinski definition) is 1. The van der Waals surface area contributed by atoms with Crippen LogP contribution in [-0.4, -0.2) is 29.0 Å². The molecule has 0 saturated carbocycles. The molecule has 0 radical (unpaired) electrons. The molecular formula is C16H15FN4OS2. The molecule has 5 nitrogen and oxygen atoms in total. The summed E-state index contributed by atoms with van der Waals surface area (Å²) in [6.07, 6.45) is 3.24. The predicted molar refractivity (Wildman–Crippen MR) is 95.3 cm³/mol. The van der Waals surface area contributed by atoms with Crippen LogP contribution >= 0.6 is 22.7 Å². The first-order valence-corrected chi connectivity index (χ1v) is 9.40. The molecule has 1 aliphatic rings. The zero-order chi connectivity index (χ0) is 16.5. The minimum atomic E-state index is -0.240. The molecule has 3 aromatic rings. The third kappa shape index (κ3) is 3.11. The maximum atomic E-state index is 13.3. The molecule has 1 N–H and O–H groups in total. The lowest BCUT2D eigenvalue weighted by molar-refractivity contribution is -0.120. The third-order valence-electron chi connectivity index (χ3n) is 4.14. The molecule has 0 aliphatic carbocycles. The fourth-order valence-corrected chi connectivity index (χ4v) is 4.42. The first kappa shape index (κ1) is 15.5. The molecule has 124 valence electrons. The van der Waals surface area contributed by atoms with Crippen LogP contribution in [0.5, 0.6) is 0 Å². The summed E-state index contributed by atoms with van der Waals surface area (Å²) < 4.78 is 14.2. The van der Waals surface area contributed by atoms with Crippen LogP contribution in [0, 0.1) is 11.7 Å². The summed E-state index contributed by atoms with van der Waals surface area (Å²) >= 11 is 2.92. The molecule has 2 aromatic heterocycles. The largest absolute Gasteiger partial charge is 0.348 e. The first-order valence-electron chi connectivity index (χ1n) is 7.70. The average molecular weight is 362 g/mol. The molecule has 0 atom stereocenters. The van der Waals surface area contributed by atoms with Crippen molar-refractivity contribution in [3.8, 4) is 0 Å². The average Bonchev–Trinajstić information content (AvgIpc) is 3.24. The van der Waals surface area contributed by atoms with E-state index in [-0.39, 0.29) is 17.6 Å². The van der Waals surface area contributed by atoms with E-state index in [1.54, 1.807) is 12.3 Å². The van der Waals surface area contributed by atoms with E-state index in [1.165, 1.54) is 34.8 Å². The van der Waals surface area contributed by atoms with Crippen LogP contribution < -0.4 is 10.2 Å². The highest BCUT2D eigenvalue weighted by atomic mass is 32.1. The summed E-state index contributed by atoms with van der Waals surface area (Å²) in [5.74, 6) is -0.205. The van der Waals surface area contributed by atoms with E-state index in [9.17, 15) is 9.18 Å². The topological polar surface area (TPSA) is 58.1 Å². The second-order valence-electron chi connectivity index (χ2n) is 5.70. The number of anilines is 2. The van der Waals surface area contributed by atoms with E-state index >= 15 is 0 Å². The van der Waals surface area contributed by atoms with E-state index < -0.39 is 0 Å². The van der Waals surface area contributed by atoms with Gasteiger partial charge in [0.2, 0.25) is 5.91 Å². The fourth-order valence-electron chi connectivity index (χ4n) is 2.85. The van der Waals surface area contributed by atoms with Crippen molar-refractivity contribution in [3.63, 3.8) is 0 Å². The molecule has 8 heteroatoms. The van der Waals surface area contributed by atoms with Gasteiger partial charge in [-0.15, -0.1) is 11.3 Å². The standard InChI is InChI=1S/C16H15FN4OS2/c17-11-1-2-12-13(9-11)24-16(19-12)21-6-3-10(4-7-21)14(22)20-15-18-5-8-23-15/h1-2,5,8-10H,3-4,6-7H2,(H,18,20,22). The highest BCUT2D eigenvalue weighted by Crippen LogP contribution is 2.32. The van der Waals surface area contributed by atoms with Crippen molar-refractivity contribution in [1.82, 2.24) is 9.97 Å². The Balaban J connectivity index is 1.40. The van der Waals surface area contributed by atoms with Gasteiger partial charge in [0.05, 0.1) is 10.2 Å². The molecule has 1 fully saturated rings. The van der Waals surface area contributed by atoms with Gasteiger partial charge in [0.25, 0.3) is 0 Å². The molecule has 24 heavy (non-hydrogen) atoms. The maximum absolute atomic E-state index is 13.3. The van der Waals surface area contributed by atoms with Crippen LogP contribution in [0.1, 0.15) is 12.8 Å². The van der Waals surface area contributed by atoms with Crippen LogP contribution in [-0.2, 0) is 4.79 Å². The van der Waals surface area contributed by atoms with Crippen LogP contribution in [0.25, 0.3) is 10.2 Å². The molecule has 0 bridgehead atoms. The number of rotatable bonds is 3. The van der Waals surface area contributed by atoms with Gasteiger partial charge in [0.15, 0.2) is 10.3 Å². The van der Waals surface area contributed by atoms with Gasteiger partial charge in [-0.3, -0.25) is 4.79 Å². The van der Waals surface area contributed by atoms with Gasteiger partial charge in [-0.25, -0.2) is 14.4 Å². The Bertz CT molecular complexity index is 856. The Labute approximate surface area is 146 Å². The van der Waals surface area contributed by atoms with Crippen molar-refractivity contribution < 1.29 is 9.18 Å². The number of piperidine rings is 1. The number of fused-ring (bicyclic) bond motifs is 1. The predicted octanol–water partition coefficient (Wildman–Crippen LogP) is 3.75. The fraction of sp³-hybridized carbons (Fsp3) is 0.312. The second kappa shape index (κ2) is 6.45.